The monoisotopic (exact) mass is 321 g/mol. The van der Waals surface area contributed by atoms with Gasteiger partial charge in [-0.1, -0.05) is 17.8 Å². The van der Waals surface area contributed by atoms with E-state index in [1.165, 1.54) is 22.7 Å². The average Bonchev–Trinajstić information content (AvgIpc) is 2.91. The molecule has 0 saturated heterocycles. The number of fused-ring (bicyclic) bond motifs is 1. The van der Waals surface area contributed by atoms with Crippen molar-refractivity contribution < 1.29 is 4.74 Å². The van der Waals surface area contributed by atoms with E-state index in [-0.39, 0.29) is 0 Å². The molecule has 2 aromatic rings. The summed E-state index contributed by atoms with van der Waals surface area (Å²) in [4.78, 5) is 4.48. The van der Waals surface area contributed by atoms with Gasteiger partial charge in [0, 0.05) is 11.3 Å². The Morgan fingerprint density at radius 3 is 2.95 bits per heavy atom. The van der Waals surface area contributed by atoms with Crippen LogP contribution in [0.5, 0.6) is 5.75 Å². The minimum Gasteiger partial charge on any atom is -0.497 e. The molecule has 21 heavy (non-hydrogen) atoms. The van der Waals surface area contributed by atoms with Crippen molar-refractivity contribution in [3.8, 4) is 5.75 Å². The first-order valence-electron chi connectivity index (χ1n) is 7.02. The average molecular weight is 321 g/mol. The van der Waals surface area contributed by atoms with Crippen molar-refractivity contribution in [3.63, 3.8) is 0 Å². The van der Waals surface area contributed by atoms with E-state index in [0.717, 1.165) is 28.8 Å². The zero-order chi connectivity index (χ0) is 14.8. The molecule has 2 atom stereocenters. The number of benzene rings is 1. The molecule has 3 rings (SSSR count). The molecule has 1 aliphatic carbocycles. The van der Waals surface area contributed by atoms with Gasteiger partial charge in [-0.15, -0.1) is 0 Å². The summed E-state index contributed by atoms with van der Waals surface area (Å²) in [5, 5.41) is 3.96. The van der Waals surface area contributed by atoms with Gasteiger partial charge in [0.1, 0.15) is 11.6 Å². The number of thioether (sulfide) groups is 1. The molecule has 6 heteroatoms. The lowest BCUT2D eigenvalue weighted by Crippen LogP contribution is -2.32. The number of aryl methyl sites for hydroxylation is 2. The van der Waals surface area contributed by atoms with Crippen LogP contribution in [-0.4, -0.2) is 28.8 Å². The Morgan fingerprint density at radius 2 is 2.29 bits per heavy atom. The van der Waals surface area contributed by atoms with E-state index in [9.17, 15) is 0 Å². The van der Waals surface area contributed by atoms with Crippen LogP contribution < -0.4 is 10.1 Å². The van der Waals surface area contributed by atoms with E-state index in [4.69, 9.17) is 4.74 Å². The Labute approximate surface area is 133 Å². The molecule has 0 saturated carbocycles. The minimum atomic E-state index is 0.342. The van der Waals surface area contributed by atoms with Gasteiger partial charge < -0.3 is 10.1 Å². The Bertz CT molecular complexity index is 629. The highest BCUT2D eigenvalue weighted by Crippen LogP contribution is 2.41. The molecule has 1 aliphatic rings. The Balaban J connectivity index is 1.84. The molecule has 0 radical (unpaired) electrons. The van der Waals surface area contributed by atoms with Crippen LogP contribution in [-0.2, 0) is 6.42 Å². The normalized spacial score (nSPS) is 21.1. The van der Waals surface area contributed by atoms with Crippen molar-refractivity contribution in [2.24, 2.45) is 0 Å². The third-order valence-corrected chi connectivity index (χ3v) is 6.05. The first-order chi connectivity index (χ1) is 10.2. The van der Waals surface area contributed by atoms with E-state index in [0.29, 0.717) is 11.3 Å². The molecule has 112 valence electrons. The maximum atomic E-state index is 5.33. The number of hydrogen-bond donors (Lipinski definition) is 1. The molecule has 1 aromatic heterocycles. The summed E-state index contributed by atoms with van der Waals surface area (Å²) < 4.78 is 10.7. The van der Waals surface area contributed by atoms with Crippen LogP contribution in [0.3, 0.4) is 0 Å². The molecule has 0 aliphatic heterocycles. The van der Waals surface area contributed by atoms with E-state index >= 15 is 0 Å². The van der Waals surface area contributed by atoms with Gasteiger partial charge in [0.15, 0.2) is 4.34 Å². The zero-order valence-electron chi connectivity index (χ0n) is 12.4. The fourth-order valence-corrected chi connectivity index (χ4v) is 4.99. The molecule has 0 spiro atoms. The van der Waals surface area contributed by atoms with Crippen LogP contribution in [0.1, 0.15) is 29.4 Å². The highest BCUT2D eigenvalue weighted by atomic mass is 32.2. The van der Waals surface area contributed by atoms with Crippen LogP contribution in [0.15, 0.2) is 22.5 Å². The molecule has 1 heterocycles. The Hall–Kier alpha value is -1.11. The van der Waals surface area contributed by atoms with Gasteiger partial charge in [-0.3, -0.25) is 0 Å². The topological polar surface area (TPSA) is 47.0 Å². The van der Waals surface area contributed by atoms with Crippen LogP contribution >= 0.6 is 23.3 Å². The van der Waals surface area contributed by atoms with E-state index in [2.05, 4.69) is 26.8 Å². The quantitative estimate of drug-likeness (QED) is 0.937. The summed E-state index contributed by atoms with van der Waals surface area (Å²) >= 11 is 3.34. The second kappa shape index (κ2) is 6.34. The highest BCUT2D eigenvalue weighted by molar-refractivity contribution is 8.01. The van der Waals surface area contributed by atoms with Gasteiger partial charge in [-0.05, 0) is 61.6 Å². The van der Waals surface area contributed by atoms with Crippen LogP contribution in [0, 0.1) is 6.92 Å². The molecule has 1 N–H and O–H groups in total. The maximum Gasteiger partial charge on any atom is 0.170 e. The van der Waals surface area contributed by atoms with Crippen LogP contribution in [0.4, 0.5) is 0 Å². The summed E-state index contributed by atoms with van der Waals surface area (Å²) in [5.41, 5.74) is 2.77. The SMILES string of the molecule is CNC1c2ccc(OC)cc2CCC1Sc1nc(C)ns1. The number of rotatable bonds is 4. The summed E-state index contributed by atoms with van der Waals surface area (Å²) in [6.07, 6.45) is 2.22. The van der Waals surface area contributed by atoms with Crippen molar-refractivity contribution in [3.05, 3.63) is 35.2 Å². The van der Waals surface area contributed by atoms with E-state index in [1.54, 1.807) is 7.11 Å². The first-order valence-corrected chi connectivity index (χ1v) is 8.67. The second-order valence-corrected chi connectivity index (χ2v) is 7.37. The summed E-state index contributed by atoms with van der Waals surface area (Å²) in [5.74, 6) is 1.80. The minimum absolute atomic E-state index is 0.342. The lowest BCUT2D eigenvalue weighted by Gasteiger charge is -2.32. The van der Waals surface area contributed by atoms with Crippen molar-refractivity contribution in [2.75, 3.05) is 14.2 Å². The predicted molar refractivity (Wildman–Crippen MR) is 87.4 cm³/mol. The van der Waals surface area contributed by atoms with E-state index < -0.39 is 0 Å². The van der Waals surface area contributed by atoms with Crippen molar-refractivity contribution in [1.29, 1.82) is 0 Å². The second-order valence-electron chi connectivity index (χ2n) is 5.13. The smallest absolute Gasteiger partial charge is 0.170 e. The Morgan fingerprint density at radius 1 is 1.43 bits per heavy atom. The number of aromatic nitrogens is 2. The zero-order valence-corrected chi connectivity index (χ0v) is 14.1. The van der Waals surface area contributed by atoms with Gasteiger partial charge in [-0.2, -0.15) is 4.37 Å². The van der Waals surface area contributed by atoms with Gasteiger partial charge >= 0.3 is 0 Å². The number of ether oxygens (including phenoxy) is 1. The first kappa shape index (κ1) is 14.8. The van der Waals surface area contributed by atoms with Gasteiger partial charge in [0.25, 0.3) is 0 Å². The van der Waals surface area contributed by atoms with Crippen molar-refractivity contribution >= 4 is 23.3 Å². The highest BCUT2D eigenvalue weighted by Gasteiger charge is 2.30. The summed E-state index contributed by atoms with van der Waals surface area (Å²) in [6.45, 7) is 1.94. The molecular weight excluding hydrogens is 302 g/mol. The largest absolute Gasteiger partial charge is 0.497 e. The molecule has 0 fully saturated rings. The number of hydrogen-bond acceptors (Lipinski definition) is 6. The number of methoxy groups -OCH3 is 1. The van der Waals surface area contributed by atoms with Crippen LogP contribution in [0.2, 0.25) is 0 Å². The fraction of sp³-hybridized carbons (Fsp3) is 0.467. The summed E-state index contributed by atoms with van der Waals surface area (Å²) in [7, 11) is 3.75. The molecule has 0 bridgehead atoms. The van der Waals surface area contributed by atoms with Gasteiger partial charge in [0.05, 0.1) is 7.11 Å². The van der Waals surface area contributed by atoms with Gasteiger partial charge in [-0.25, -0.2) is 4.98 Å². The molecule has 1 aromatic carbocycles. The Kier molecular flexibility index (Phi) is 4.47. The van der Waals surface area contributed by atoms with Crippen molar-refractivity contribution in [2.45, 2.75) is 35.4 Å². The lowest BCUT2D eigenvalue weighted by atomic mass is 9.87. The molecular formula is C15H19N3OS2. The third kappa shape index (κ3) is 3.07. The maximum absolute atomic E-state index is 5.33. The standard InChI is InChI=1S/C15H19N3OS2/c1-9-17-15(21-18-9)20-13-7-4-10-8-11(19-3)5-6-12(10)14(13)16-2/h5-6,8,13-14,16H,4,7H2,1-3H3. The van der Waals surface area contributed by atoms with Crippen LogP contribution in [0.25, 0.3) is 0 Å². The number of nitrogens with zero attached hydrogens (tertiary/aromatic N) is 2. The third-order valence-electron chi connectivity index (χ3n) is 3.83. The fourth-order valence-electron chi connectivity index (χ4n) is 2.82. The predicted octanol–water partition coefficient (Wildman–Crippen LogP) is 3.22. The van der Waals surface area contributed by atoms with E-state index in [1.807, 2.05) is 31.8 Å². The molecule has 4 nitrogen and oxygen atoms in total. The lowest BCUT2D eigenvalue weighted by molar-refractivity contribution is 0.412. The number of nitrogens with one attached hydrogen (secondary N) is 1. The van der Waals surface area contributed by atoms with Crippen molar-refractivity contribution in [1.82, 2.24) is 14.7 Å². The van der Waals surface area contributed by atoms with Gasteiger partial charge in [0.2, 0.25) is 0 Å². The molecule has 0 amide bonds. The summed E-state index contributed by atoms with van der Waals surface area (Å²) in [6, 6.07) is 6.74. The molecule has 2 unspecified atom stereocenters.